The topological polar surface area (TPSA) is 67.7 Å². The number of amides is 2. The van der Waals surface area contributed by atoms with E-state index in [9.17, 15) is 22.8 Å². The van der Waals surface area contributed by atoms with Gasteiger partial charge in [-0.05, 0) is 30.9 Å². The maximum atomic E-state index is 13.7. The van der Waals surface area contributed by atoms with E-state index in [0.717, 1.165) is 10.9 Å². The molecule has 7 nitrogen and oxygen atoms in total. The van der Waals surface area contributed by atoms with Gasteiger partial charge in [-0.3, -0.25) is 9.59 Å². The Bertz CT molecular complexity index is 1120. The molecule has 180 valence electrons. The van der Waals surface area contributed by atoms with E-state index in [1.165, 1.54) is 4.90 Å². The maximum Gasteiger partial charge on any atom is 0.435 e. The van der Waals surface area contributed by atoms with Gasteiger partial charge in [0.25, 0.3) is 5.91 Å². The number of aromatic nitrogens is 2. The summed E-state index contributed by atoms with van der Waals surface area (Å²) in [4.78, 5) is 29.9. The lowest BCUT2D eigenvalue weighted by molar-refractivity contribution is -0.141. The Balaban J connectivity index is 1.18. The summed E-state index contributed by atoms with van der Waals surface area (Å²) in [6.45, 7) is 3.39. The molecule has 0 spiro atoms. The number of nitrogens with zero attached hydrogens (tertiary/aromatic N) is 4. The van der Waals surface area contributed by atoms with Crippen molar-refractivity contribution in [3.63, 3.8) is 0 Å². The maximum absolute atomic E-state index is 13.7. The molecule has 6 rings (SSSR count). The number of hydrogen-bond donors (Lipinski definition) is 0. The van der Waals surface area contributed by atoms with Crippen LogP contribution in [0.4, 0.5) is 13.2 Å². The van der Waals surface area contributed by atoms with Gasteiger partial charge in [0.1, 0.15) is 0 Å². The zero-order valence-corrected chi connectivity index (χ0v) is 18.5. The smallest absolute Gasteiger partial charge is 0.381 e. The lowest BCUT2D eigenvalue weighted by atomic mass is 9.93. The highest BCUT2D eigenvalue weighted by Crippen LogP contribution is 2.59. The lowest BCUT2D eigenvalue weighted by Crippen LogP contribution is -2.45. The van der Waals surface area contributed by atoms with Gasteiger partial charge < -0.3 is 14.5 Å². The molecular weight excluding hydrogens is 449 g/mol. The van der Waals surface area contributed by atoms with Crippen molar-refractivity contribution in [2.45, 2.75) is 19.0 Å². The van der Waals surface area contributed by atoms with E-state index in [2.05, 4.69) is 5.10 Å². The van der Waals surface area contributed by atoms with Crippen molar-refractivity contribution in [2.75, 3.05) is 39.4 Å². The molecular formula is C24H25F3N4O3. The van der Waals surface area contributed by atoms with Crippen molar-refractivity contribution in [3.8, 4) is 5.69 Å². The molecule has 0 radical (unpaired) electrons. The van der Waals surface area contributed by atoms with Crippen molar-refractivity contribution in [3.05, 3.63) is 47.8 Å². The SMILES string of the molecule is O=C(c1cn(-c2ccccc2)nc1C(F)(F)F)N1CCC2(C(=O)N3CC4COCC4C3)CC2C1. The van der Waals surface area contributed by atoms with Crippen LogP contribution in [0.3, 0.4) is 0 Å². The largest absolute Gasteiger partial charge is 0.435 e. The summed E-state index contributed by atoms with van der Waals surface area (Å²) in [5.41, 5.74) is -1.66. The van der Waals surface area contributed by atoms with Gasteiger partial charge in [-0.2, -0.15) is 18.3 Å². The number of benzene rings is 1. The van der Waals surface area contributed by atoms with Crippen LogP contribution in [-0.2, 0) is 15.7 Å². The van der Waals surface area contributed by atoms with Crippen LogP contribution in [0.1, 0.15) is 28.9 Å². The number of piperidine rings is 1. The quantitative estimate of drug-likeness (QED) is 0.686. The summed E-state index contributed by atoms with van der Waals surface area (Å²) < 4.78 is 47.8. The Morgan fingerprint density at radius 3 is 2.38 bits per heavy atom. The van der Waals surface area contributed by atoms with Crippen molar-refractivity contribution in [1.29, 1.82) is 0 Å². The molecule has 0 bridgehead atoms. The number of rotatable bonds is 3. The van der Waals surface area contributed by atoms with E-state index in [-0.39, 0.29) is 18.4 Å². The van der Waals surface area contributed by atoms with Gasteiger partial charge >= 0.3 is 6.18 Å². The average molecular weight is 474 g/mol. The number of alkyl halides is 3. The Labute approximate surface area is 194 Å². The summed E-state index contributed by atoms with van der Waals surface area (Å²) in [6, 6.07) is 8.40. The molecule has 2 amide bonds. The average Bonchev–Trinajstić information content (AvgIpc) is 3.15. The van der Waals surface area contributed by atoms with E-state index in [4.69, 9.17) is 4.74 Å². The standard InChI is InChI=1S/C24H25F3N4O3/c25-24(26,27)20-19(12-31(28-20)18-4-2-1-3-5-18)21(32)29-7-6-23(8-17(23)11-29)22(33)30-9-15-13-34-14-16(15)10-30/h1-5,12,15-17H,6-11,13-14H2. The molecule has 10 heteroatoms. The number of carbonyl (C=O) groups excluding carboxylic acids is 2. The predicted octanol–water partition coefficient (Wildman–Crippen LogP) is 2.85. The second-order valence-electron chi connectivity index (χ2n) is 10.00. The summed E-state index contributed by atoms with van der Waals surface area (Å²) in [6.07, 6.45) is -2.42. The van der Waals surface area contributed by atoms with Crippen LogP contribution in [0, 0.1) is 23.2 Å². The third kappa shape index (κ3) is 3.41. The molecule has 4 aliphatic rings. The number of hydrogen-bond acceptors (Lipinski definition) is 4. The van der Waals surface area contributed by atoms with E-state index < -0.39 is 28.8 Å². The van der Waals surface area contributed by atoms with Gasteiger partial charge in [0.2, 0.25) is 5.91 Å². The fraction of sp³-hybridized carbons (Fsp3) is 0.542. The molecule has 34 heavy (non-hydrogen) atoms. The molecule has 1 aromatic heterocycles. The van der Waals surface area contributed by atoms with Crippen molar-refractivity contribution in [2.24, 2.45) is 23.2 Å². The minimum absolute atomic E-state index is 0.00658. The summed E-state index contributed by atoms with van der Waals surface area (Å²) >= 11 is 0. The number of carbonyl (C=O) groups is 2. The molecule has 3 aliphatic heterocycles. The molecule has 0 N–H and O–H groups in total. The number of ether oxygens (including phenoxy) is 1. The second-order valence-corrected chi connectivity index (χ2v) is 10.00. The Morgan fingerprint density at radius 2 is 1.74 bits per heavy atom. The Morgan fingerprint density at radius 1 is 1.03 bits per heavy atom. The van der Waals surface area contributed by atoms with E-state index in [0.29, 0.717) is 63.2 Å². The number of para-hydroxylation sites is 1. The highest BCUT2D eigenvalue weighted by Gasteiger charge is 2.64. The Hall–Kier alpha value is -2.88. The van der Waals surface area contributed by atoms with Gasteiger partial charge in [-0.1, -0.05) is 18.2 Å². The third-order valence-corrected chi connectivity index (χ3v) is 7.98. The van der Waals surface area contributed by atoms with E-state index in [1.807, 2.05) is 4.90 Å². The van der Waals surface area contributed by atoms with Crippen molar-refractivity contribution < 1.29 is 27.5 Å². The molecule has 1 aromatic carbocycles. The first-order valence-electron chi connectivity index (χ1n) is 11.6. The summed E-state index contributed by atoms with van der Waals surface area (Å²) in [5.74, 6) is 0.261. The van der Waals surface area contributed by atoms with Gasteiger partial charge in [-0.25, -0.2) is 4.68 Å². The minimum Gasteiger partial charge on any atom is -0.381 e. The first-order valence-corrected chi connectivity index (χ1v) is 11.6. The van der Waals surface area contributed by atoms with Gasteiger partial charge in [-0.15, -0.1) is 0 Å². The molecule has 3 saturated heterocycles. The molecule has 4 atom stereocenters. The monoisotopic (exact) mass is 474 g/mol. The molecule has 4 fully saturated rings. The van der Waals surface area contributed by atoms with Crippen LogP contribution in [0.25, 0.3) is 5.69 Å². The first-order chi connectivity index (χ1) is 16.3. The van der Waals surface area contributed by atoms with Crippen LogP contribution >= 0.6 is 0 Å². The van der Waals surface area contributed by atoms with Crippen LogP contribution in [0.2, 0.25) is 0 Å². The summed E-state index contributed by atoms with van der Waals surface area (Å²) in [5, 5.41) is 3.69. The first kappa shape index (κ1) is 21.6. The van der Waals surface area contributed by atoms with Gasteiger partial charge in [0, 0.05) is 44.2 Å². The molecule has 1 saturated carbocycles. The van der Waals surface area contributed by atoms with Crippen LogP contribution in [0.5, 0.6) is 0 Å². The van der Waals surface area contributed by atoms with E-state index >= 15 is 0 Å². The van der Waals surface area contributed by atoms with Crippen LogP contribution in [0.15, 0.2) is 36.5 Å². The van der Waals surface area contributed by atoms with Gasteiger partial charge in [0.05, 0.1) is 29.9 Å². The van der Waals surface area contributed by atoms with Crippen molar-refractivity contribution in [1.82, 2.24) is 19.6 Å². The fourth-order valence-corrected chi connectivity index (χ4v) is 5.96. The normalized spacial score (nSPS) is 30.3. The molecule has 4 heterocycles. The highest BCUT2D eigenvalue weighted by atomic mass is 19.4. The third-order valence-electron chi connectivity index (χ3n) is 7.98. The van der Waals surface area contributed by atoms with Crippen LogP contribution in [-0.4, -0.2) is 70.8 Å². The highest BCUT2D eigenvalue weighted by molar-refractivity contribution is 5.96. The van der Waals surface area contributed by atoms with Crippen molar-refractivity contribution >= 4 is 11.8 Å². The number of halogens is 3. The zero-order valence-electron chi connectivity index (χ0n) is 18.5. The number of fused-ring (bicyclic) bond motifs is 2. The minimum atomic E-state index is -4.75. The molecule has 1 aliphatic carbocycles. The van der Waals surface area contributed by atoms with Gasteiger partial charge in [0.15, 0.2) is 5.69 Å². The predicted molar refractivity (Wildman–Crippen MR) is 114 cm³/mol. The molecule has 4 unspecified atom stereocenters. The lowest BCUT2D eigenvalue weighted by Gasteiger charge is -2.33. The summed E-state index contributed by atoms with van der Waals surface area (Å²) in [7, 11) is 0. The zero-order chi connectivity index (χ0) is 23.7. The number of likely N-dealkylation sites (tertiary alicyclic amines) is 2. The second kappa shape index (κ2) is 7.56. The molecule has 2 aromatic rings. The van der Waals surface area contributed by atoms with Crippen LogP contribution < -0.4 is 0 Å². The van der Waals surface area contributed by atoms with E-state index in [1.54, 1.807) is 30.3 Å². The fourth-order valence-electron chi connectivity index (χ4n) is 5.96. The Kier molecular flexibility index (Phi) is 4.81.